The highest BCUT2D eigenvalue weighted by atomic mass is 127. The number of guanidine groups is 1. The van der Waals surface area contributed by atoms with Gasteiger partial charge in [-0.2, -0.15) is 4.98 Å². The minimum atomic E-state index is -0.0108. The summed E-state index contributed by atoms with van der Waals surface area (Å²) in [6, 6.07) is 13.4. The van der Waals surface area contributed by atoms with E-state index >= 15 is 0 Å². The van der Waals surface area contributed by atoms with Gasteiger partial charge in [0.15, 0.2) is 5.96 Å². The van der Waals surface area contributed by atoms with Crippen LogP contribution in [-0.2, 0) is 6.54 Å². The summed E-state index contributed by atoms with van der Waals surface area (Å²) in [4.78, 5) is 8.68. The normalized spacial score (nSPS) is 12.1. The van der Waals surface area contributed by atoms with Crippen molar-refractivity contribution < 1.29 is 9.26 Å². The van der Waals surface area contributed by atoms with Crippen molar-refractivity contribution in [1.82, 2.24) is 20.8 Å². The van der Waals surface area contributed by atoms with Gasteiger partial charge in [0, 0.05) is 23.2 Å². The van der Waals surface area contributed by atoms with Gasteiger partial charge in [-0.1, -0.05) is 34.5 Å². The highest BCUT2D eigenvalue weighted by Gasteiger charge is 2.14. The number of halogens is 2. The van der Waals surface area contributed by atoms with Gasteiger partial charge in [0.25, 0.3) is 0 Å². The number of aliphatic imine (C=N–C) groups is 1. The third-order valence-electron chi connectivity index (χ3n) is 4.41. The predicted octanol–water partition coefficient (Wildman–Crippen LogP) is 4.75. The number of nitrogens with one attached hydrogen (secondary N) is 2. The molecule has 2 N–H and O–H groups in total. The molecule has 2 aromatic carbocycles. The Morgan fingerprint density at radius 1 is 1.23 bits per heavy atom. The Hall–Kier alpha value is -2.33. The summed E-state index contributed by atoms with van der Waals surface area (Å²) in [5.74, 6) is 2.42. The van der Waals surface area contributed by atoms with E-state index in [1.165, 1.54) is 0 Å². The molecule has 160 valence electrons. The van der Waals surface area contributed by atoms with E-state index in [2.05, 4.69) is 45.7 Å². The summed E-state index contributed by atoms with van der Waals surface area (Å²) in [5.41, 5.74) is 3.06. The van der Waals surface area contributed by atoms with Crippen LogP contribution in [0.5, 0.6) is 5.75 Å². The topological polar surface area (TPSA) is 84.6 Å². The largest absolute Gasteiger partial charge is 0.496 e. The van der Waals surface area contributed by atoms with Crippen molar-refractivity contribution in [3.63, 3.8) is 0 Å². The number of hydrogen-bond donors (Lipinski definition) is 2. The van der Waals surface area contributed by atoms with Gasteiger partial charge < -0.3 is 19.9 Å². The van der Waals surface area contributed by atoms with Gasteiger partial charge in [0.05, 0.1) is 19.7 Å². The van der Waals surface area contributed by atoms with Crippen molar-refractivity contribution in [3.8, 4) is 17.1 Å². The van der Waals surface area contributed by atoms with Crippen LogP contribution in [0.15, 0.2) is 52.0 Å². The summed E-state index contributed by atoms with van der Waals surface area (Å²) < 4.78 is 10.8. The van der Waals surface area contributed by atoms with Gasteiger partial charge in [-0.25, -0.2) is 0 Å². The van der Waals surface area contributed by atoms with Crippen LogP contribution in [0.2, 0.25) is 5.02 Å². The van der Waals surface area contributed by atoms with E-state index in [4.69, 9.17) is 20.9 Å². The smallest absolute Gasteiger partial charge is 0.246 e. The van der Waals surface area contributed by atoms with Crippen LogP contribution in [0.3, 0.4) is 0 Å². The Morgan fingerprint density at radius 2 is 1.97 bits per heavy atom. The lowest BCUT2D eigenvalue weighted by Crippen LogP contribution is -2.38. The van der Waals surface area contributed by atoms with E-state index in [0.29, 0.717) is 29.2 Å². The van der Waals surface area contributed by atoms with Crippen LogP contribution in [0.4, 0.5) is 0 Å². The Labute approximate surface area is 198 Å². The molecule has 30 heavy (non-hydrogen) atoms. The average molecular weight is 542 g/mol. The van der Waals surface area contributed by atoms with Gasteiger partial charge in [0.1, 0.15) is 5.75 Å². The number of benzene rings is 2. The number of rotatable bonds is 6. The lowest BCUT2D eigenvalue weighted by molar-refractivity contribution is 0.375. The molecule has 0 spiro atoms. The number of aromatic nitrogens is 2. The summed E-state index contributed by atoms with van der Waals surface area (Å²) in [7, 11) is 3.38. The van der Waals surface area contributed by atoms with Gasteiger partial charge in [0.2, 0.25) is 11.7 Å². The van der Waals surface area contributed by atoms with Crippen LogP contribution < -0.4 is 15.4 Å². The summed E-state index contributed by atoms with van der Waals surface area (Å²) in [6.07, 6.45) is 0. The lowest BCUT2D eigenvalue weighted by atomic mass is 10.0. The summed E-state index contributed by atoms with van der Waals surface area (Å²) in [6.45, 7) is 4.45. The zero-order valence-electron chi connectivity index (χ0n) is 17.3. The van der Waals surface area contributed by atoms with Crippen LogP contribution >= 0.6 is 35.6 Å². The molecular weight excluding hydrogens is 517 g/mol. The quantitative estimate of drug-likeness (QED) is 0.266. The van der Waals surface area contributed by atoms with Crippen molar-refractivity contribution in [2.45, 2.75) is 26.4 Å². The molecule has 0 fully saturated rings. The monoisotopic (exact) mass is 541 g/mol. The Kier molecular flexibility index (Phi) is 8.91. The first-order valence-electron chi connectivity index (χ1n) is 9.20. The highest BCUT2D eigenvalue weighted by Crippen LogP contribution is 2.26. The molecule has 3 rings (SSSR count). The molecule has 0 radical (unpaired) electrons. The maximum absolute atomic E-state index is 5.92. The van der Waals surface area contributed by atoms with Crippen molar-refractivity contribution in [3.05, 3.63) is 64.5 Å². The standard InChI is InChI=1S/C21H24ClN5O2.HI/c1-13-5-10-18(28-4)17(11-13)14(2)25-21(23-3)24-12-19-26-20(27-29-19)15-6-8-16(22)9-7-15;/h5-11,14H,12H2,1-4H3,(H2,23,24,25);1H. The molecule has 0 saturated carbocycles. The lowest BCUT2D eigenvalue weighted by Gasteiger charge is -2.20. The van der Waals surface area contributed by atoms with Crippen LogP contribution in [0, 0.1) is 6.92 Å². The maximum Gasteiger partial charge on any atom is 0.246 e. The molecule has 0 saturated heterocycles. The molecule has 0 aliphatic rings. The maximum atomic E-state index is 5.92. The van der Waals surface area contributed by atoms with Gasteiger partial charge in [-0.15, -0.1) is 24.0 Å². The van der Waals surface area contributed by atoms with E-state index < -0.39 is 0 Å². The molecular formula is C21H25ClIN5O2. The zero-order valence-corrected chi connectivity index (χ0v) is 20.4. The van der Waals surface area contributed by atoms with Crippen LogP contribution in [0.1, 0.15) is 30.0 Å². The molecule has 0 amide bonds. The molecule has 0 bridgehead atoms. The molecule has 7 nitrogen and oxygen atoms in total. The fraction of sp³-hybridized carbons (Fsp3) is 0.286. The van der Waals surface area contributed by atoms with Crippen molar-refractivity contribution in [2.75, 3.05) is 14.2 Å². The van der Waals surface area contributed by atoms with E-state index in [0.717, 1.165) is 22.4 Å². The zero-order chi connectivity index (χ0) is 20.8. The third kappa shape index (κ3) is 6.09. The Balaban J connectivity index is 0.00000320. The second kappa shape index (κ2) is 11.2. The number of methoxy groups -OCH3 is 1. The second-order valence-electron chi connectivity index (χ2n) is 6.56. The summed E-state index contributed by atoms with van der Waals surface area (Å²) in [5, 5.41) is 11.2. The molecule has 1 unspecified atom stereocenters. The van der Waals surface area contributed by atoms with E-state index in [9.17, 15) is 0 Å². The van der Waals surface area contributed by atoms with Gasteiger partial charge in [-0.3, -0.25) is 4.99 Å². The average Bonchev–Trinajstić information content (AvgIpc) is 3.20. The van der Waals surface area contributed by atoms with Gasteiger partial charge >= 0.3 is 0 Å². The highest BCUT2D eigenvalue weighted by molar-refractivity contribution is 14.0. The first-order valence-corrected chi connectivity index (χ1v) is 9.58. The summed E-state index contributed by atoms with van der Waals surface area (Å²) >= 11 is 5.92. The first kappa shape index (κ1) is 23.9. The van der Waals surface area contributed by atoms with Crippen LogP contribution in [0.25, 0.3) is 11.4 Å². The SMILES string of the molecule is CN=C(NCc1nc(-c2ccc(Cl)cc2)no1)NC(C)c1cc(C)ccc1OC.I. The molecule has 0 aliphatic carbocycles. The number of nitrogens with zero attached hydrogens (tertiary/aromatic N) is 3. The van der Waals surface area contributed by atoms with Crippen LogP contribution in [-0.4, -0.2) is 30.3 Å². The predicted molar refractivity (Wildman–Crippen MR) is 130 cm³/mol. The fourth-order valence-electron chi connectivity index (χ4n) is 2.87. The first-order chi connectivity index (χ1) is 14.0. The minimum Gasteiger partial charge on any atom is -0.496 e. The molecule has 1 aromatic heterocycles. The van der Waals surface area contributed by atoms with E-state index in [1.54, 1.807) is 26.3 Å². The Bertz CT molecular complexity index is 991. The van der Waals surface area contributed by atoms with Crippen molar-refractivity contribution in [1.29, 1.82) is 0 Å². The molecule has 1 heterocycles. The Morgan fingerprint density at radius 3 is 2.63 bits per heavy atom. The van der Waals surface area contributed by atoms with Crippen molar-refractivity contribution >= 4 is 41.5 Å². The van der Waals surface area contributed by atoms with E-state index in [-0.39, 0.29) is 30.0 Å². The molecule has 0 aliphatic heterocycles. The third-order valence-corrected chi connectivity index (χ3v) is 4.66. The number of aryl methyl sites for hydroxylation is 1. The number of hydrogen-bond acceptors (Lipinski definition) is 5. The van der Waals surface area contributed by atoms with E-state index in [1.807, 2.05) is 24.3 Å². The van der Waals surface area contributed by atoms with Crippen molar-refractivity contribution in [2.24, 2.45) is 4.99 Å². The minimum absolute atomic E-state index is 0. The van der Waals surface area contributed by atoms with Gasteiger partial charge in [-0.05, 0) is 44.2 Å². The molecule has 1 atom stereocenters. The fourth-order valence-corrected chi connectivity index (χ4v) is 3.00. The molecule has 9 heteroatoms. The second-order valence-corrected chi connectivity index (χ2v) is 6.99. The molecule has 3 aromatic rings. The number of ether oxygens (including phenoxy) is 1.